The molecule has 86 valence electrons. The van der Waals surface area contributed by atoms with Crippen molar-refractivity contribution >= 4 is 5.91 Å². The number of nitrogens with two attached hydrogens (primary N) is 1. The molecule has 1 rings (SSSR count). The van der Waals surface area contributed by atoms with Gasteiger partial charge >= 0.3 is 0 Å². The third kappa shape index (κ3) is 3.06. The molecular formula is C12H22N2O. The van der Waals surface area contributed by atoms with Gasteiger partial charge in [0.05, 0.1) is 0 Å². The van der Waals surface area contributed by atoms with Crippen LogP contribution in [-0.2, 0) is 4.79 Å². The van der Waals surface area contributed by atoms with E-state index in [2.05, 4.69) is 11.8 Å². The monoisotopic (exact) mass is 210 g/mol. The lowest BCUT2D eigenvalue weighted by molar-refractivity contribution is -0.114. The Bertz CT molecular complexity index is 265. The number of hydrogen-bond acceptors (Lipinski definition) is 2. The van der Waals surface area contributed by atoms with Gasteiger partial charge in [0.15, 0.2) is 0 Å². The summed E-state index contributed by atoms with van der Waals surface area (Å²) in [6.07, 6.45) is 3.88. The number of carbonyl (C=O) groups is 1. The molecule has 1 aliphatic rings. The number of amides is 1. The maximum atomic E-state index is 11.1. The van der Waals surface area contributed by atoms with Crippen LogP contribution in [0.4, 0.5) is 0 Å². The Morgan fingerprint density at radius 3 is 2.20 bits per heavy atom. The Kier molecular flexibility index (Phi) is 4.33. The number of carbonyl (C=O) groups excluding carboxylic acids is 1. The van der Waals surface area contributed by atoms with E-state index in [1.165, 1.54) is 19.3 Å². The van der Waals surface area contributed by atoms with Gasteiger partial charge in [-0.25, -0.2) is 0 Å². The fourth-order valence-corrected chi connectivity index (χ4v) is 2.09. The van der Waals surface area contributed by atoms with E-state index in [0.717, 1.165) is 18.7 Å². The molecule has 0 radical (unpaired) electrons. The van der Waals surface area contributed by atoms with E-state index in [4.69, 9.17) is 5.73 Å². The molecule has 1 fully saturated rings. The molecule has 3 heteroatoms. The fourth-order valence-electron chi connectivity index (χ4n) is 2.09. The lowest BCUT2D eigenvalue weighted by atomic mass is 10.0. The second kappa shape index (κ2) is 5.31. The highest BCUT2D eigenvalue weighted by Crippen LogP contribution is 2.18. The lowest BCUT2D eigenvalue weighted by Gasteiger charge is -2.33. The summed E-state index contributed by atoms with van der Waals surface area (Å²) in [6.45, 7) is 8.28. The summed E-state index contributed by atoms with van der Waals surface area (Å²) < 4.78 is 0. The van der Waals surface area contributed by atoms with Crippen LogP contribution in [0.25, 0.3) is 0 Å². The smallest absolute Gasteiger partial charge is 0.244 e. The summed E-state index contributed by atoms with van der Waals surface area (Å²) >= 11 is 0. The van der Waals surface area contributed by atoms with Crippen LogP contribution in [0.5, 0.6) is 0 Å². The third-order valence-electron chi connectivity index (χ3n) is 3.53. The van der Waals surface area contributed by atoms with Crippen molar-refractivity contribution in [2.24, 2.45) is 5.73 Å². The quantitative estimate of drug-likeness (QED) is 0.720. The van der Waals surface area contributed by atoms with Crippen LogP contribution in [-0.4, -0.2) is 29.9 Å². The Labute approximate surface area is 92.3 Å². The molecule has 3 nitrogen and oxygen atoms in total. The Hall–Kier alpha value is -0.830. The molecule has 1 amide bonds. The minimum absolute atomic E-state index is 0.295. The number of likely N-dealkylation sites (tertiary alicyclic amines) is 1. The highest BCUT2D eigenvalue weighted by atomic mass is 16.1. The van der Waals surface area contributed by atoms with Crippen molar-refractivity contribution in [3.63, 3.8) is 0 Å². The second-order valence-corrected chi connectivity index (χ2v) is 4.44. The van der Waals surface area contributed by atoms with Crippen molar-refractivity contribution in [1.29, 1.82) is 0 Å². The molecule has 1 aliphatic heterocycles. The van der Waals surface area contributed by atoms with Crippen molar-refractivity contribution in [1.82, 2.24) is 4.90 Å². The van der Waals surface area contributed by atoms with Crippen LogP contribution in [0.2, 0.25) is 0 Å². The first-order valence-electron chi connectivity index (χ1n) is 5.75. The highest BCUT2D eigenvalue weighted by Gasteiger charge is 2.19. The zero-order valence-electron chi connectivity index (χ0n) is 10.0. The number of primary amides is 1. The van der Waals surface area contributed by atoms with Crippen molar-refractivity contribution in [3.8, 4) is 0 Å². The van der Waals surface area contributed by atoms with Gasteiger partial charge in [-0.3, -0.25) is 9.69 Å². The standard InChI is InChI=1S/C12H22N2O/c1-9(10(2)12(13)15)11(3)14-7-5-4-6-8-14/h11H,4-8H2,1-3H3,(H2,13,15)/b10-9+. The lowest BCUT2D eigenvalue weighted by Crippen LogP contribution is -2.38. The molecule has 0 bridgehead atoms. The molecule has 0 aliphatic carbocycles. The Morgan fingerprint density at radius 1 is 1.20 bits per heavy atom. The first kappa shape index (κ1) is 12.2. The van der Waals surface area contributed by atoms with E-state index in [-0.39, 0.29) is 5.91 Å². The summed E-state index contributed by atoms with van der Waals surface area (Å²) in [4.78, 5) is 13.5. The first-order chi connectivity index (χ1) is 7.04. The molecule has 15 heavy (non-hydrogen) atoms. The molecule has 2 N–H and O–H groups in total. The summed E-state index contributed by atoms with van der Waals surface area (Å²) in [7, 11) is 0. The van der Waals surface area contributed by atoms with Crippen LogP contribution < -0.4 is 5.73 Å². The molecule has 0 saturated carbocycles. The summed E-state index contributed by atoms with van der Waals surface area (Å²) in [6, 6.07) is 0.345. The van der Waals surface area contributed by atoms with Crippen LogP contribution in [0, 0.1) is 0 Å². The SMILES string of the molecule is C/C(C(N)=O)=C(/C)C(C)N1CCCCC1. The maximum Gasteiger partial charge on any atom is 0.244 e. The van der Waals surface area contributed by atoms with Crippen LogP contribution in [0.3, 0.4) is 0 Å². The molecule has 0 spiro atoms. The number of rotatable bonds is 3. The molecule has 1 saturated heterocycles. The van der Waals surface area contributed by atoms with Gasteiger partial charge in [0.2, 0.25) is 5.91 Å². The van der Waals surface area contributed by atoms with Crippen molar-refractivity contribution in [2.45, 2.75) is 46.1 Å². The van der Waals surface area contributed by atoms with E-state index in [0.29, 0.717) is 11.6 Å². The normalized spacial score (nSPS) is 22.1. The third-order valence-corrected chi connectivity index (χ3v) is 3.53. The summed E-state index contributed by atoms with van der Waals surface area (Å²) in [5, 5.41) is 0. The predicted octanol–water partition coefficient (Wildman–Crippen LogP) is 1.68. The number of nitrogens with zero attached hydrogens (tertiary/aromatic N) is 1. The van der Waals surface area contributed by atoms with Gasteiger partial charge in [0, 0.05) is 11.6 Å². The molecule has 0 aromatic heterocycles. The molecule has 1 atom stereocenters. The molecule has 1 unspecified atom stereocenters. The van der Waals surface area contributed by atoms with Gasteiger partial charge in [-0.2, -0.15) is 0 Å². The summed E-state index contributed by atoms with van der Waals surface area (Å²) in [5.74, 6) is -0.295. The van der Waals surface area contributed by atoms with E-state index in [1.807, 2.05) is 13.8 Å². The summed E-state index contributed by atoms with van der Waals surface area (Å²) in [5.41, 5.74) is 7.12. The van der Waals surface area contributed by atoms with E-state index in [1.54, 1.807) is 0 Å². The number of hydrogen-bond donors (Lipinski definition) is 1. The van der Waals surface area contributed by atoms with Gasteiger partial charge in [0.1, 0.15) is 0 Å². The fraction of sp³-hybridized carbons (Fsp3) is 0.750. The Balaban J connectivity index is 2.69. The molecular weight excluding hydrogens is 188 g/mol. The van der Waals surface area contributed by atoms with Crippen molar-refractivity contribution in [3.05, 3.63) is 11.1 Å². The minimum atomic E-state index is -0.295. The topological polar surface area (TPSA) is 46.3 Å². The van der Waals surface area contributed by atoms with Crippen molar-refractivity contribution < 1.29 is 4.79 Å². The van der Waals surface area contributed by atoms with Gasteiger partial charge < -0.3 is 5.73 Å². The van der Waals surface area contributed by atoms with Gasteiger partial charge in [-0.05, 0) is 52.3 Å². The molecule has 0 aromatic rings. The van der Waals surface area contributed by atoms with Crippen molar-refractivity contribution in [2.75, 3.05) is 13.1 Å². The molecule has 0 aromatic carbocycles. The first-order valence-corrected chi connectivity index (χ1v) is 5.75. The average Bonchev–Trinajstić information content (AvgIpc) is 2.27. The van der Waals surface area contributed by atoms with E-state index >= 15 is 0 Å². The highest BCUT2D eigenvalue weighted by molar-refractivity contribution is 5.92. The van der Waals surface area contributed by atoms with Crippen LogP contribution >= 0.6 is 0 Å². The minimum Gasteiger partial charge on any atom is -0.366 e. The number of piperidine rings is 1. The predicted molar refractivity (Wildman–Crippen MR) is 62.5 cm³/mol. The Morgan fingerprint density at radius 2 is 1.73 bits per heavy atom. The average molecular weight is 210 g/mol. The zero-order chi connectivity index (χ0) is 11.4. The zero-order valence-corrected chi connectivity index (χ0v) is 10.0. The van der Waals surface area contributed by atoms with Gasteiger partial charge in [0.25, 0.3) is 0 Å². The molecule has 1 heterocycles. The van der Waals surface area contributed by atoms with Gasteiger partial charge in [-0.15, -0.1) is 0 Å². The van der Waals surface area contributed by atoms with E-state index in [9.17, 15) is 4.79 Å². The van der Waals surface area contributed by atoms with E-state index < -0.39 is 0 Å². The van der Waals surface area contributed by atoms with Crippen LogP contribution in [0.1, 0.15) is 40.0 Å². The van der Waals surface area contributed by atoms with Crippen LogP contribution in [0.15, 0.2) is 11.1 Å². The maximum absolute atomic E-state index is 11.1. The largest absolute Gasteiger partial charge is 0.366 e. The van der Waals surface area contributed by atoms with Gasteiger partial charge in [-0.1, -0.05) is 6.42 Å². The second-order valence-electron chi connectivity index (χ2n) is 4.44.